The number of rotatable bonds is 19. The zero-order valence-electron chi connectivity index (χ0n) is 28.7. The van der Waals surface area contributed by atoms with E-state index in [4.69, 9.17) is 24.7 Å². The minimum absolute atomic E-state index is 0.0373. The van der Waals surface area contributed by atoms with Gasteiger partial charge >= 0.3 is 12.1 Å². The standard InChI is InChI=1S/C35H59NO9/c1-11-12-13-21(3)33(45-35(36)41)26(8)30(38)23(5)16-20(2)17-24(6)32(43-19-42-10)22(4)14-15-28(37)18-29-25(7)31(39)27(9)34(40)44-29/h11-15,17,21-33,37-39H,1,16,18-19H2,2-10H3,(H2,36,41)/b13-12-,15-14-,20-17-/t21-,22-,23-,24-,25-,26-,27+,28+,29-,30+,31-,32-,33-/m0/s1. The molecule has 10 heteroatoms. The van der Waals surface area contributed by atoms with Crippen LogP contribution in [0, 0.1) is 41.4 Å². The molecule has 45 heavy (non-hydrogen) atoms. The summed E-state index contributed by atoms with van der Waals surface area (Å²) in [5.41, 5.74) is 6.40. The summed E-state index contributed by atoms with van der Waals surface area (Å²) in [7, 11) is 1.56. The van der Waals surface area contributed by atoms with Crippen LogP contribution in [0.2, 0.25) is 0 Å². The summed E-state index contributed by atoms with van der Waals surface area (Å²) in [6, 6.07) is 0. The zero-order chi connectivity index (χ0) is 34.4. The molecule has 5 N–H and O–H groups in total. The van der Waals surface area contributed by atoms with Gasteiger partial charge in [0.2, 0.25) is 0 Å². The summed E-state index contributed by atoms with van der Waals surface area (Å²) in [4.78, 5) is 23.7. The van der Waals surface area contributed by atoms with Crippen molar-refractivity contribution in [2.24, 2.45) is 47.2 Å². The first-order valence-corrected chi connectivity index (χ1v) is 16.0. The van der Waals surface area contributed by atoms with Gasteiger partial charge in [-0.2, -0.15) is 0 Å². The van der Waals surface area contributed by atoms with E-state index in [1.807, 2.05) is 60.6 Å². The maximum atomic E-state index is 12.1. The first-order valence-electron chi connectivity index (χ1n) is 16.0. The molecule has 0 radical (unpaired) electrons. The Bertz CT molecular complexity index is 1010. The molecule has 10 nitrogen and oxygen atoms in total. The van der Waals surface area contributed by atoms with Crippen LogP contribution in [0.4, 0.5) is 4.79 Å². The normalized spacial score (nSPS) is 27.2. The molecular weight excluding hydrogens is 578 g/mol. The second kappa shape index (κ2) is 19.9. The van der Waals surface area contributed by atoms with E-state index in [2.05, 4.69) is 12.7 Å². The van der Waals surface area contributed by atoms with Crippen LogP contribution < -0.4 is 5.73 Å². The van der Waals surface area contributed by atoms with Crippen LogP contribution in [-0.2, 0) is 23.7 Å². The number of primary amides is 1. The smallest absolute Gasteiger partial charge is 0.404 e. The van der Waals surface area contributed by atoms with Crippen LogP contribution in [0.1, 0.15) is 68.2 Å². The number of carbonyl (C=O) groups is 2. The molecule has 0 aromatic rings. The number of carbonyl (C=O) groups excluding carboxylic acids is 2. The number of hydrogen-bond donors (Lipinski definition) is 4. The van der Waals surface area contributed by atoms with Crippen molar-refractivity contribution in [1.82, 2.24) is 0 Å². The van der Waals surface area contributed by atoms with Crippen molar-refractivity contribution < 1.29 is 43.9 Å². The third-order valence-corrected chi connectivity index (χ3v) is 8.95. The molecule has 0 bridgehead atoms. The van der Waals surface area contributed by atoms with Crippen molar-refractivity contribution in [2.45, 2.75) is 105 Å². The summed E-state index contributed by atoms with van der Waals surface area (Å²) in [5, 5.41) is 32.3. The second-order valence-electron chi connectivity index (χ2n) is 13.0. The van der Waals surface area contributed by atoms with E-state index in [1.165, 1.54) is 0 Å². The number of aliphatic hydroxyl groups is 3. The fourth-order valence-corrected chi connectivity index (χ4v) is 6.24. The van der Waals surface area contributed by atoms with E-state index >= 15 is 0 Å². The van der Waals surface area contributed by atoms with Crippen LogP contribution in [0.25, 0.3) is 0 Å². The van der Waals surface area contributed by atoms with Gasteiger partial charge in [0.25, 0.3) is 0 Å². The van der Waals surface area contributed by atoms with Crippen LogP contribution >= 0.6 is 0 Å². The summed E-state index contributed by atoms with van der Waals surface area (Å²) < 4.78 is 22.1. The highest BCUT2D eigenvalue weighted by atomic mass is 16.7. The molecule has 1 aliphatic rings. The molecule has 0 aromatic carbocycles. The first-order chi connectivity index (χ1) is 21.0. The molecule has 0 aliphatic carbocycles. The van der Waals surface area contributed by atoms with Gasteiger partial charge in [0, 0.05) is 43.1 Å². The van der Waals surface area contributed by atoms with E-state index in [0.717, 1.165) is 5.57 Å². The predicted molar refractivity (Wildman–Crippen MR) is 175 cm³/mol. The fourth-order valence-electron chi connectivity index (χ4n) is 6.24. The highest BCUT2D eigenvalue weighted by Gasteiger charge is 2.41. The maximum absolute atomic E-state index is 12.1. The average Bonchev–Trinajstić information content (AvgIpc) is 2.98. The number of esters is 1. The van der Waals surface area contributed by atoms with Crippen LogP contribution in [0.5, 0.6) is 0 Å². The minimum atomic E-state index is -0.881. The van der Waals surface area contributed by atoms with Crippen molar-refractivity contribution in [3.05, 3.63) is 48.6 Å². The molecule has 1 aliphatic heterocycles. The molecule has 258 valence electrons. The number of hydrogen-bond acceptors (Lipinski definition) is 9. The van der Waals surface area contributed by atoms with Gasteiger partial charge in [-0.25, -0.2) is 4.79 Å². The summed E-state index contributed by atoms with van der Waals surface area (Å²) in [6.07, 6.45) is 6.99. The zero-order valence-corrected chi connectivity index (χ0v) is 28.7. The third kappa shape index (κ3) is 13.0. The molecule has 13 atom stereocenters. The molecule has 0 saturated carbocycles. The molecule has 1 heterocycles. The average molecular weight is 638 g/mol. The number of allylic oxidation sites excluding steroid dienone is 3. The number of methoxy groups -OCH3 is 1. The number of nitrogens with two attached hydrogens (primary N) is 1. The highest BCUT2D eigenvalue weighted by molar-refractivity contribution is 5.73. The van der Waals surface area contributed by atoms with E-state index in [1.54, 1.807) is 32.3 Å². The van der Waals surface area contributed by atoms with E-state index < -0.39 is 48.5 Å². The molecular formula is C35H59NO9. The van der Waals surface area contributed by atoms with Gasteiger partial charge in [-0.15, -0.1) is 0 Å². The molecule has 1 fully saturated rings. The number of amides is 1. The van der Waals surface area contributed by atoms with Gasteiger partial charge in [-0.1, -0.05) is 90.2 Å². The van der Waals surface area contributed by atoms with Gasteiger partial charge in [0.15, 0.2) is 0 Å². The molecule has 0 spiro atoms. The summed E-state index contributed by atoms with van der Waals surface area (Å²) in [5.74, 6) is -2.15. The van der Waals surface area contributed by atoms with Crippen LogP contribution in [0.3, 0.4) is 0 Å². The quantitative estimate of drug-likeness (QED) is 0.0667. The molecule has 0 unspecified atom stereocenters. The van der Waals surface area contributed by atoms with Gasteiger partial charge < -0.3 is 40.0 Å². The van der Waals surface area contributed by atoms with Crippen molar-refractivity contribution in [3.63, 3.8) is 0 Å². The Morgan fingerprint density at radius 2 is 1.67 bits per heavy atom. The van der Waals surface area contributed by atoms with E-state index in [9.17, 15) is 24.9 Å². The lowest BCUT2D eigenvalue weighted by Crippen LogP contribution is -2.47. The van der Waals surface area contributed by atoms with E-state index in [-0.39, 0.29) is 54.8 Å². The Morgan fingerprint density at radius 1 is 1.04 bits per heavy atom. The summed E-state index contributed by atoms with van der Waals surface area (Å²) in [6.45, 7) is 19.0. The Hall–Kier alpha value is -2.50. The monoisotopic (exact) mass is 637 g/mol. The predicted octanol–water partition coefficient (Wildman–Crippen LogP) is 4.93. The number of ether oxygens (including phenoxy) is 4. The number of aliphatic hydroxyl groups excluding tert-OH is 3. The van der Waals surface area contributed by atoms with Gasteiger partial charge in [-0.05, 0) is 26.2 Å². The van der Waals surface area contributed by atoms with E-state index in [0.29, 0.717) is 6.42 Å². The van der Waals surface area contributed by atoms with Gasteiger partial charge in [0.1, 0.15) is 19.0 Å². The molecule has 0 aromatic heterocycles. The van der Waals surface area contributed by atoms with Crippen LogP contribution in [0.15, 0.2) is 48.6 Å². The lowest BCUT2D eigenvalue weighted by atomic mass is 9.81. The number of cyclic esters (lactones) is 1. The largest absolute Gasteiger partial charge is 0.462 e. The SMILES string of the molecule is C=C/C=C\[C@H](C)[C@H](OC(N)=O)[C@@H](C)[C@H](O)[C@@H](C)C/C(C)=C\[C@H](C)[C@@H](OCOC)[C@@H](C)/C=C\[C@@H](O)C[C@@H]1OC(=O)[C@H](C)[C@@H](O)[C@H]1C. The fraction of sp³-hybridized carbons (Fsp3) is 0.714. The van der Waals surface area contributed by atoms with Gasteiger partial charge in [0.05, 0.1) is 30.3 Å². The lowest BCUT2D eigenvalue weighted by molar-refractivity contribution is -0.179. The lowest BCUT2D eigenvalue weighted by Gasteiger charge is -2.36. The topological polar surface area (TPSA) is 158 Å². The molecule has 1 saturated heterocycles. The second-order valence-corrected chi connectivity index (χ2v) is 13.0. The Labute approximate surface area is 270 Å². The molecule has 1 rings (SSSR count). The van der Waals surface area contributed by atoms with Crippen molar-refractivity contribution >= 4 is 12.1 Å². The Balaban J connectivity index is 2.94. The van der Waals surface area contributed by atoms with Crippen molar-refractivity contribution in [1.29, 1.82) is 0 Å². The third-order valence-electron chi connectivity index (χ3n) is 8.95. The maximum Gasteiger partial charge on any atom is 0.404 e. The Kier molecular flexibility index (Phi) is 17.9. The Morgan fingerprint density at radius 3 is 2.24 bits per heavy atom. The van der Waals surface area contributed by atoms with Gasteiger partial charge in [-0.3, -0.25) is 4.79 Å². The molecule has 1 amide bonds. The first kappa shape index (κ1) is 40.5. The highest BCUT2D eigenvalue weighted by Crippen LogP contribution is 2.31. The minimum Gasteiger partial charge on any atom is -0.462 e. The summed E-state index contributed by atoms with van der Waals surface area (Å²) >= 11 is 0. The van der Waals surface area contributed by atoms with Crippen LogP contribution in [-0.4, -0.2) is 77.9 Å². The van der Waals surface area contributed by atoms with Crippen molar-refractivity contribution in [3.8, 4) is 0 Å². The van der Waals surface area contributed by atoms with Crippen molar-refractivity contribution in [2.75, 3.05) is 13.9 Å².